The highest BCUT2D eigenvalue weighted by Gasteiger charge is 2.19. The van der Waals surface area contributed by atoms with Gasteiger partial charge in [-0.15, -0.1) is 0 Å². The van der Waals surface area contributed by atoms with Crippen LogP contribution in [0.2, 0.25) is 5.02 Å². The summed E-state index contributed by atoms with van der Waals surface area (Å²) in [6, 6.07) is 5.03. The molecule has 1 aromatic rings. The summed E-state index contributed by atoms with van der Waals surface area (Å²) in [5.41, 5.74) is 0.384. The highest BCUT2D eigenvalue weighted by Crippen LogP contribution is 2.26. The smallest absolute Gasteiger partial charge is 0.303 e. The molecule has 0 aliphatic carbocycles. The molecule has 0 saturated carbocycles. The van der Waals surface area contributed by atoms with Gasteiger partial charge in [0.05, 0.1) is 5.02 Å². The monoisotopic (exact) mass is 375 g/mol. The maximum absolute atomic E-state index is 12.0. The Morgan fingerprint density at radius 1 is 1.33 bits per heavy atom. The zero-order valence-corrected chi connectivity index (χ0v) is 14.4. The van der Waals surface area contributed by atoms with Gasteiger partial charge in [-0.2, -0.15) is 0 Å². The predicted molar refractivity (Wildman–Crippen MR) is 86.8 cm³/mol. The van der Waals surface area contributed by atoms with Gasteiger partial charge in [-0.25, -0.2) is 0 Å². The maximum atomic E-state index is 12.0. The van der Waals surface area contributed by atoms with Crippen LogP contribution in [-0.2, 0) is 4.79 Å². The van der Waals surface area contributed by atoms with Gasteiger partial charge < -0.3 is 10.4 Å². The first kappa shape index (κ1) is 18.0. The lowest BCUT2D eigenvalue weighted by molar-refractivity contribution is -0.137. The molecule has 0 aromatic heterocycles. The molecule has 0 spiro atoms. The second-order valence-corrected chi connectivity index (χ2v) is 6.95. The number of hydrogen-bond donors (Lipinski definition) is 2. The van der Waals surface area contributed by atoms with E-state index in [1.54, 1.807) is 18.2 Å². The molecule has 0 unspecified atom stereocenters. The van der Waals surface area contributed by atoms with E-state index in [1.807, 2.05) is 13.8 Å². The topological polar surface area (TPSA) is 66.4 Å². The van der Waals surface area contributed by atoms with E-state index in [-0.39, 0.29) is 17.7 Å². The molecule has 4 nitrogen and oxygen atoms in total. The number of benzene rings is 1. The van der Waals surface area contributed by atoms with Crippen molar-refractivity contribution in [3.05, 3.63) is 33.3 Å². The van der Waals surface area contributed by atoms with Gasteiger partial charge in [0, 0.05) is 23.0 Å². The van der Waals surface area contributed by atoms with Gasteiger partial charge in [0.15, 0.2) is 0 Å². The molecule has 0 radical (unpaired) electrons. The lowest BCUT2D eigenvalue weighted by Crippen LogP contribution is -2.28. The number of rotatable bonds is 7. The Balaban J connectivity index is 2.46. The first-order valence-electron chi connectivity index (χ1n) is 6.66. The Morgan fingerprint density at radius 2 is 2.00 bits per heavy atom. The summed E-state index contributed by atoms with van der Waals surface area (Å²) in [4.78, 5) is 22.6. The molecule has 0 aliphatic rings. The Bertz CT molecular complexity index is 532. The zero-order chi connectivity index (χ0) is 16.0. The zero-order valence-electron chi connectivity index (χ0n) is 12.1. The molecule has 0 fully saturated rings. The van der Waals surface area contributed by atoms with Crippen LogP contribution in [0.15, 0.2) is 22.7 Å². The standard InChI is InChI=1S/C15H19BrClNO3/c1-15(2,6-5-13(19)20)7-8-18-14(21)10-3-4-11(16)12(17)9-10/h3-4,9H,5-8H2,1-2H3,(H,18,21)(H,19,20). The SMILES string of the molecule is CC(C)(CCNC(=O)c1ccc(Br)c(Cl)c1)CCC(=O)O. The van der Waals surface area contributed by atoms with E-state index < -0.39 is 5.97 Å². The molecular formula is C15H19BrClNO3. The van der Waals surface area contributed by atoms with Crippen LogP contribution in [-0.4, -0.2) is 23.5 Å². The third kappa shape index (κ3) is 6.48. The fraction of sp³-hybridized carbons (Fsp3) is 0.467. The van der Waals surface area contributed by atoms with Crippen LogP contribution in [0.1, 0.15) is 43.5 Å². The summed E-state index contributed by atoms with van der Waals surface area (Å²) in [6.07, 6.45) is 1.45. The van der Waals surface area contributed by atoms with Crippen molar-refractivity contribution in [1.29, 1.82) is 0 Å². The first-order valence-corrected chi connectivity index (χ1v) is 7.83. The summed E-state index contributed by atoms with van der Waals surface area (Å²) in [5.74, 6) is -0.977. The van der Waals surface area contributed by atoms with Crippen LogP contribution in [0.3, 0.4) is 0 Å². The second kappa shape index (κ2) is 7.80. The molecule has 0 saturated heterocycles. The lowest BCUT2D eigenvalue weighted by atomic mass is 9.84. The van der Waals surface area contributed by atoms with Crippen LogP contribution in [0.5, 0.6) is 0 Å². The fourth-order valence-electron chi connectivity index (χ4n) is 1.82. The molecule has 1 rings (SSSR count). The molecule has 21 heavy (non-hydrogen) atoms. The van der Waals surface area contributed by atoms with Crippen molar-refractivity contribution in [2.45, 2.75) is 33.1 Å². The van der Waals surface area contributed by atoms with Gasteiger partial charge in [0.2, 0.25) is 0 Å². The average molecular weight is 377 g/mol. The molecule has 0 bridgehead atoms. The van der Waals surface area contributed by atoms with Crippen molar-refractivity contribution in [3.63, 3.8) is 0 Å². The predicted octanol–water partition coefficient (Wildman–Crippen LogP) is 4.11. The maximum Gasteiger partial charge on any atom is 0.303 e. The Labute approximate surface area is 138 Å². The largest absolute Gasteiger partial charge is 0.481 e. The number of aliphatic carboxylic acids is 1. The highest BCUT2D eigenvalue weighted by atomic mass is 79.9. The van der Waals surface area contributed by atoms with Crippen LogP contribution in [0.4, 0.5) is 0 Å². The summed E-state index contributed by atoms with van der Waals surface area (Å²) in [7, 11) is 0. The average Bonchev–Trinajstić information content (AvgIpc) is 2.39. The van der Waals surface area contributed by atoms with Crippen LogP contribution >= 0.6 is 27.5 Å². The number of amides is 1. The Hall–Kier alpha value is -1.07. The van der Waals surface area contributed by atoms with Gasteiger partial charge in [-0.05, 0) is 52.4 Å². The highest BCUT2D eigenvalue weighted by molar-refractivity contribution is 9.10. The van der Waals surface area contributed by atoms with E-state index in [1.165, 1.54) is 0 Å². The number of carbonyl (C=O) groups excluding carboxylic acids is 1. The van der Waals surface area contributed by atoms with Gasteiger partial charge >= 0.3 is 5.97 Å². The number of carboxylic acid groups (broad SMARTS) is 1. The van der Waals surface area contributed by atoms with Crippen molar-refractivity contribution in [2.75, 3.05) is 6.54 Å². The first-order chi connectivity index (χ1) is 9.71. The van der Waals surface area contributed by atoms with Crippen molar-refractivity contribution in [2.24, 2.45) is 5.41 Å². The van der Waals surface area contributed by atoms with Crippen molar-refractivity contribution in [1.82, 2.24) is 5.32 Å². The molecule has 0 aliphatic heterocycles. The quantitative estimate of drug-likeness (QED) is 0.752. The number of carboxylic acids is 1. The van der Waals surface area contributed by atoms with Crippen molar-refractivity contribution in [3.8, 4) is 0 Å². The summed E-state index contributed by atoms with van der Waals surface area (Å²) < 4.78 is 0.746. The molecule has 1 aromatic carbocycles. The fourth-order valence-corrected chi connectivity index (χ4v) is 2.25. The lowest BCUT2D eigenvalue weighted by Gasteiger charge is -2.23. The second-order valence-electron chi connectivity index (χ2n) is 5.69. The van der Waals surface area contributed by atoms with Crippen molar-refractivity contribution < 1.29 is 14.7 Å². The number of carbonyl (C=O) groups is 2. The Morgan fingerprint density at radius 3 is 2.57 bits per heavy atom. The molecule has 6 heteroatoms. The summed E-state index contributed by atoms with van der Waals surface area (Å²) in [5, 5.41) is 12.0. The van der Waals surface area contributed by atoms with E-state index >= 15 is 0 Å². The van der Waals surface area contributed by atoms with E-state index in [0.717, 1.165) is 10.9 Å². The molecule has 2 N–H and O–H groups in total. The minimum absolute atomic E-state index is 0.122. The van der Waals surface area contributed by atoms with E-state index in [0.29, 0.717) is 23.6 Å². The van der Waals surface area contributed by atoms with E-state index in [4.69, 9.17) is 16.7 Å². The molecule has 0 heterocycles. The number of hydrogen-bond acceptors (Lipinski definition) is 2. The normalized spacial score (nSPS) is 11.2. The minimum atomic E-state index is -0.795. The molecule has 1 amide bonds. The van der Waals surface area contributed by atoms with Crippen molar-refractivity contribution >= 4 is 39.4 Å². The number of halogens is 2. The molecular weight excluding hydrogens is 358 g/mol. The van der Waals surface area contributed by atoms with Gasteiger partial charge in [0.25, 0.3) is 5.91 Å². The molecule has 116 valence electrons. The third-order valence-corrected chi connectivity index (χ3v) is 4.52. The minimum Gasteiger partial charge on any atom is -0.481 e. The Kier molecular flexibility index (Phi) is 6.68. The third-order valence-electron chi connectivity index (χ3n) is 3.28. The van der Waals surface area contributed by atoms with Gasteiger partial charge in [-0.3, -0.25) is 9.59 Å². The van der Waals surface area contributed by atoms with Crippen LogP contribution in [0.25, 0.3) is 0 Å². The summed E-state index contributed by atoms with van der Waals surface area (Å²) in [6.45, 7) is 4.50. The van der Waals surface area contributed by atoms with E-state index in [9.17, 15) is 9.59 Å². The summed E-state index contributed by atoms with van der Waals surface area (Å²) >= 11 is 9.23. The van der Waals surface area contributed by atoms with Gasteiger partial charge in [-0.1, -0.05) is 25.4 Å². The van der Waals surface area contributed by atoms with Crippen LogP contribution in [0, 0.1) is 5.41 Å². The van der Waals surface area contributed by atoms with Gasteiger partial charge in [0.1, 0.15) is 0 Å². The number of nitrogens with one attached hydrogen (secondary N) is 1. The molecule has 0 atom stereocenters. The van der Waals surface area contributed by atoms with E-state index in [2.05, 4.69) is 21.2 Å². The van der Waals surface area contributed by atoms with Crippen LogP contribution < -0.4 is 5.32 Å².